The van der Waals surface area contributed by atoms with Crippen molar-refractivity contribution in [1.29, 1.82) is 0 Å². The first-order valence-corrected chi connectivity index (χ1v) is 11.1. The lowest BCUT2D eigenvalue weighted by Gasteiger charge is -2.14. The van der Waals surface area contributed by atoms with Crippen LogP contribution in [0.25, 0.3) is 0 Å². The van der Waals surface area contributed by atoms with Crippen LogP contribution in [0.2, 0.25) is 0 Å². The number of nitrogens with one attached hydrogen (secondary N) is 2. The quantitative estimate of drug-likeness (QED) is 0.225. The van der Waals surface area contributed by atoms with Crippen molar-refractivity contribution in [3.63, 3.8) is 0 Å². The lowest BCUT2D eigenvalue weighted by Crippen LogP contribution is -2.33. The molecule has 1 rings (SSSR count). The van der Waals surface area contributed by atoms with Crippen molar-refractivity contribution in [2.45, 2.75) is 12.8 Å². The van der Waals surface area contributed by atoms with E-state index in [0.29, 0.717) is 57.4 Å². The van der Waals surface area contributed by atoms with E-state index in [1.165, 1.54) is 24.9 Å². The monoisotopic (exact) mass is 461 g/mol. The van der Waals surface area contributed by atoms with E-state index in [0.717, 1.165) is 4.90 Å². The van der Waals surface area contributed by atoms with Crippen molar-refractivity contribution in [2.24, 2.45) is 0 Å². The van der Waals surface area contributed by atoms with Gasteiger partial charge in [-0.1, -0.05) is 0 Å². The highest BCUT2D eigenvalue weighted by Crippen LogP contribution is 2.21. The molecule has 0 radical (unpaired) electrons. The van der Waals surface area contributed by atoms with E-state index in [4.69, 9.17) is 18.9 Å². The summed E-state index contributed by atoms with van der Waals surface area (Å²) in [6.07, 6.45) is 3.16. The topological polar surface area (TPSA) is 132 Å². The van der Waals surface area contributed by atoms with Gasteiger partial charge in [0.15, 0.2) is 0 Å². The van der Waals surface area contributed by atoms with E-state index in [9.17, 15) is 19.2 Å². The maximum atomic E-state index is 11.9. The normalized spacial score (nSPS) is 13.4. The average molecular weight is 462 g/mol. The van der Waals surface area contributed by atoms with Gasteiger partial charge in [0, 0.05) is 39.2 Å². The van der Waals surface area contributed by atoms with Crippen LogP contribution in [0.15, 0.2) is 11.0 Å². The fourth-order valence-corrected chi connectivity index (χ4v) is 2.91. The Bertz CT molecular complexity index is 629. The van der Waals surface area contributed by atoms with Crippen molar-refractivity contribution in [2.75, 3.05) is 72.6 Å². The molecular weight excluding hydrogens is 430 g/mol. The molecule has 0 fully saturated rings. The van der Waals surface area contributed by atoms with Gasteiger partial charge < -0.3 is 29.6 Å². The Labute approximate surface area is 186 Å². The number of carbonyl (C=O) groups is 4. The van der Waals surface area contributed by atoms with Crippen LogP contribution >= 0.6 is 11.8 Å². The molecule has 0 saturated heterocycles. The molecule has 176 valence electrons. The number of carbonyl (C=O) groups excluding carboxylic acids is 4. The molecule has 0 aromatic rings. The van der Waals surface area contributed by atoms with Crippen molar-refractivity contribution >= 4 is 35.6 Å². The van der Waals surface area contributed by atoms with Crippen molar-refractivity contribution in [1.82, 2.24) is 15.5 Å². The minimum Gasteiger partial charge on any atom is -0.447 e. The first-order valence-electron chi connectivity index (χ1n) is 9.92. The second kappa shape index (κ2) is 16.5. The average Bonchev–Trinajstić information content (AvgIpc) is 3.02. The minimum absolute atomic E-state index is 0.166. The van der Waals surface area contributed by atoms with Crippen molar-refractivity contribution in [3.8, 4) is 0 Å². The number of thioether (sulfide) groups is 1. The molecule has 0 unspecified atom stereocenters. The summed E-state index contributed by atoms with van der Waals surface area (Å²) in [7, 11) is 1.52. The Hall–Kier alpha value is -2.15. The summed E-state index contributed by atoms with van der Waals surface area (Å²) in [5.41, 5.74) is 0. The van der Waals surface area contributed by atoms with Crippen LogP contribution in [-0.4, -0.2) is 101 Å². The van der Waals surface area contributed by atoms with Crippen LogP contribution in [0.3, 0.4) is 0 Å². The zero-order chi connectivity index (χ0) is 22.9. The minimum atomic E-state index is -0.521. The molecule has 0 aromatic heterocycles. The molecule has 0 aliphatic carbocycles. The summed E-state index contributed by atoms with van der Waals surface area (Å²) in [5.74, 6) is -0.796. The van der Waals surface area contributed by atoms with E-state index in [1.807, 2.05) is 0 Å². The zero-order valence-corrected chi connectivity index (χ0v) is 18.8. The summed E-state index contributed by atoms with van der Waals surface area (Å²) in [6, 6.07) is 0. The van der Waals surface area contributed by atoms with E-state index in [-0.39, 0.29) is 37.3 Å². The summed E-state index contributed by atoms with van der Waals surface area (Å²) in [4.78, 5) is 48.2. The first-order chi connectivity index (χ1) is 15.0. The number of rotatable bonds is 17. The van der Waals surface area contributed by atoms with Gasteiger partial charge in [0.05, 0.1) is 37.9 Å². The summed E-state index contributed by atoms with van der Waals surface area (Å²) in [6.45, 7) is 2.83. The molecule has 1 aliphatic heterocycles. The van der Waals surface area contributed by atoms with Crippen LogP contribution in [-0.2, 0) is 33.3 Å². The smallest absolute Gasteiger partial charge is 0.407 e. The number of alkyl carbamates (subject to hydrolysis) is 1. The Morgan fingerprint density at radius 2 is 1.68 bits per heavy atom. The maximum Gasteiger partial charge on any atom is 0.407 e. The molecule has 1 aliphatic rings. The number of hydrogen-bond acceptors (Lipinski definition) is 9. The van der Waals surface area contributed by atoms with Crippen LogP contribution in [0.4, 0.5) is 4.79 Å². The number of ether oxygens (including phenoxy) is 4. The Balaban J connectivity index is 1.90. The molecule has 0 aromatic carbocycles. The lowest BCUT2D eigenvalue weighted by molar-refractivity contribution is -0.137. The van der Waals surface area contributed by atoms with E-state index >= 15 is 0 Å². The van der Waals surface area contributed by atoms with Crippen LogP contribution in [0.1, 0.15) is 12.8 Å². The van der Waals surface area contributed by atoms with Gasteiger partial charge in [0.2, 0.25) is 5.91 Å². The third-order valence-electron chi connectivity index (χ3n) is 3.96. The van der Waals surface area contributed by atoms with Gasteiger partial charge in [0.25, 0.3) is 11.8 Å². The second-order valence-corrected chi connectivity index (χ2v) is 7.09. The Kier molecular flexibility index (Phi) is 14.3. The number of amides is 4. The van der Waals surface area contributed by atoms with E-state index in [2.05, 4.69) is 10.6 Å². The van der Waals surface area contributed by atoms with E-state index in [1.54, 1.807) is 6.26 Å². The molecule has 11 nitrogen and oxygen atoms in total. The Morgan fingerprint density at radius 3 is 2.29 bits per heavy atom. The van der Waals surface area contributed by atoms with Crippen LogP contribution in [0.5, 0.6) is 0 Å². The molecule has 1 heterocycles. The number of hydrogen-bond donors (Lipinski definition) is 2. The highest BCUT2D eigenvalue weighted by atomic mass is 32.2. The largest absolute Gasteiger partial charge is 0.447 e. The second-order valence-electron chi connectivity index (χ2n) is 6.24. The summed E-state index contributed by atoms with van der Waals surface area (Å²) >= 11 is 1.24. The number of methoxy groups -OCH3 is 1. The van der Waals surface area contributed by atoms with Gasteiger partial charge in [-0.15, -0.1) is 11.8 Å². The van der Waals surface area contributed by atoms with Gasteiger partial charge in [-0.3, -0.25) is 19.3 Å². The third-order valence-corrected chi connectivity index (χ3v) is 4.69. The predicted molar refractivity (Wildman–Crippen MR) is 113 cm³/mol. The third kappa shape index (κ3) is 11.7. The predicted octanol–water partition coefficient (Wildman–Crippen LogP) is -0.0957. The summed E-state index contributed by atoms with van der Waals surface area (Å²) in [5, 5.41) is 5.25. The van der Waals surface area contributed by atoms with Crippen molar-refractivity contribution < 1.29 is 38.1 Å². The fourth-order valence-electron chi connectivity index (χ4n) is 2.41. The maximum absolute atomic E-state index is 11.9. The van der Waals surface area contributed by atoms with Gasteiger partial charge >= 0.3 is 6.09 Å². The standard InChI is InChI=1S/C19H31N3O8S/c1-27-10-13-30-19(26)21-6-9-29-12-11-28-8-5-20-16(23)4-3-7-22-17(24)14-15(31-2)18(22)25/h14H,3-13H2,1-2H3,(H,20,23)(H,21,26). The zero-order valence-electron chi connectivity index (χ0n) is 18.0. The number of nitrogens with zero attached hydrogens (tertiary/aromatic N) is 1. The van der Waals surface area contributed by atoms with Crippen LogP contribution < -0.4 is 10.6 Å². The molecule has 0 bridgehead atoms. The molecule has 0 saturated carbocycles. The number of imide groups is 1. The molecule has 0 spiro atoms. The fraction of sp³-hybridized carbons (Fsp3) is 0.684. The highest BCUT2D eigenvalue weighted by molar-refractivity contribution is 8.03. The van der Waals surface area contributed by atoms with Gasteiger partial charge in [-0.25, -0.2) is 4.79 Å². The van der Waals surface area contributed by atoms with E-state index < -0.39 is 6.09 Å². The lowest BCUT2D eigenvalue weighted by atomic mass is 10.3. The van der Waals surface area contributed by atoms with Gasteiger partial charge in [-0.05, 0) is 12.7 Å². The molecule has 0 atom stereocenters. The Morgan fingerprint density at radius 1 is 1.00 bits per heavy atom. The summed E-state index contributed by atoms with van der Waals surface area (Å²) < 4.78 is 20.2. The van der Waals surface area contributed by atoms with Crippen LogP contribution in [0, 0.1) is 0 Å². The van der Waals surface area contributed by atoms with Gasteiger partial charge in [-0.2, -0.15) is 0 Å². The molecule has 12 heteroatoms. The van der Waals surface area contributed by atoms with Gasteiger partial charge in [0.1, 0.15) is 6.61 Å². The molecule has 2 N–H and O–H groups in total. The highest BCUT2D eigenvalue weighted by Gasteiger charge is 2.29. The first kappa shape index (κ1) is 26.9. The molecule has 4 amide bonds. The molecule has 31 heavy (non-hydrogen) atoms. The van der Waals surface area contributed by atoms with Crippen molar-refractivity contribution in [3.05, 3.63) is 11.0 Å². The SMILES string of the molecule is COCCOC(=O)NCCOCCOCCNC(=O)CCCN1C(=O)C=C(SC)C1=O. The molecular formula is C19H31N3O8S.